The first-order chi connectivity index (χ1) is 12.1. The summed E-state index contributed by atoms with van der Waals surface area (Å²) in [5.74, 6) is 0.424. The van der Waals surface area contributed by atoms with Gasteiger partial charge in [0, 0.05) is 13.0 Å². The normalized spacial score (nSPS) is 25.8. The molecule has 1 amide bonds. The zero-order valence-corrected chi connectivity index (χ0v) is 14.9. The molecule has 0 aliphatic carbocycles. The van der Waals surface area contributed by atoms with Gasteiger partial charge in [0.15, 0.2) is 0 Å². The topological polar surface area (TPSA) is 67.9 Å². The van der Waals surface area contributed by atoms with Crippen LogP contribution in [-0.2, 0) is 20.7 Å². The number of amides is 1. The van der Waals surface area contributed by atoms with Crippen LogP contribution in [0.15, 0.2) is 24.3 Å². The van der Waals surface area contributed by atoms with Crippen LogP contribution in [0, 0.1) is 0 Å². The third-order valence-electron chi connectivity index (χ3n) is 5.31. The van der Waals surface area contributed by atoms with Gasteiger partial charge in [0.1, 0.15) is 11.3 Å². The van der Waals surface area contributed by atoms with E-state index in [1.54, 1.807) is 12.0 Å². The number of rotatable bonds is 5. The molecule has 2 atom stereocenters. The van der Waals surface area contributed by atoms with Crippen LogP contribution in [0.2, 0.25) is 0 Å². The molecule has 2 heterocycles. The minimum Gasteiger partial charge on any atom is -0.497 e. The first-order valence-corrected chi connectivity index (χ1v) is 8.87. The molecule has 6 nitrogen and oxygen atoms in total. The molecule has 2 aliphatic heterocycles. The number of esters is 1. The van der Waals surface area contributed by atoms with Gasteiger partial charge in [0.25, 0.3) is 0 Å². The van der Waals surface area contributed by atoms with E-state index in [1.165, 1.54) is 7.11 Å². The molecule has 2 saturated heterocycles. The minimum atomic E-state index is -0.928. The van der Waals surface area contributed by atoms with Gasteiger partial charge in [-0.3, -0.25) is 4.79 Å². The van der Waals surface area contributed by atoms with Crippen molar-refractivity contribution in [1.82, 2.24) is 10.2 Å². The number of ether oxygens (including phenoxy) is 2. The molecule has 1 aromatic carbocycles. The molecular formula is C19H26N2O4. The number of carbonyl (C=O) groups excluding carboxylic acids is 2. The third-order valence-corrected chi connectivity index (χ3v) is 5.31. The molecule has 0 spiro atoms. The van der Waals surface area contributed by atoms with E-state index < -0.39 is 5.54 Å². The van der Waals surface area contributed by atoms with Crippen LogP contribution in [0.25, 0.3) is 0 Å². The fourth-order valence-corrected chi connectivity index (χ4v) is 4.06. The monoisotopic (exact) mass is 346 g/mol. The molecule has 0 radical (unpaired) electrons. The number of nitrogens with one attached hydrogen (secondary N) is 1. The van der Waals surface area contributed by atoms with Crippen molar-refractivity contribution in [3.05, 3.63) is 29.8 Å². The highest BCUT2D eigenvalue weighted by Gasteiger charge is 2.51. The van der Waals surface area contributed by atoms with Gasteiger partial charge < -0.3 is 19.7 Å². The molecule has 1 unspecified atom stereocenters. The summed E-state index contributed by atoms with van der Waals surface area (Å²) < 4.78 is 10.4. The minimum absolute atomic E-state index is 0.0169. The van der Waals surface area contributed by atoms with Crippen LogP contribution in [0.1, 0.15) is 31.2 Å². The van der Waals surface area contributed by atoms with Gasteiger partial charge in [-0.2, -0.15) is 0 Å². The van der Waals surface area contributed by atoms with Crippen molar-refractivity contribution in [1.29, 1.82) is 0 Å². The van der Waals surface area contributed by atoms with Gasteiger partial charge in [-0.25, -0.2) is 4.79 Å². The Morgan fingerprint density at radius 2 is 2.16 bits per heavy atom. The van der Waals surface area contributed by atoms with E-state index in [-0.39, 0.29) is 17.9 Å². The van der Waals surface area contributed by atoms with Crippen LogP contribution >= 0.6 is 0 Å². The summed E-state index contributed by atoms with van der Waals surface area (Å²) in [4.78, 5) is 27.5. The smallest absolute Gasteiger partial charge is 0.332 e. The molecule has 136 valence electrons. The van der Waals surface area contributed by atoms with E-state index in [0.29, 0.717) is 19.4 Å². The largest absolute Gasteiger partial charge is 0.497 e. The number of carbonyl (C=O) groups is 2. The number of hydrogen-bond donors (Lipinski definition) is 1. The Hall–Kier alpha value is -2.08. The number of methoxy groups -OCH3 is 2. The molecule has 25 heavy (non-hydrogen) atoms. The van der Waals surface area contributed by atoms with E-state index in [2.05, 4.69) is 5.32 Å². The van der Waals surface area contributed by atoms with Crippen LogP contribution in [-0.4, -0.2) is 55.7 Å². The Kier molecular flexibility index (Phi) is 5.27. The average molecular weight is 346 g/mol. The van der Waals surface area contributed by atoms with E-state index in [9.17, 15) is 9.59 Å². The Labute approximate surface area is 148 Å². The van der Waals surface area contributed by atoms with Gasteiger partial charge in [-0.05, 0) is 49.9 Å². The van der Waals surface area contributed by atoms with Crippen LogP contribution in [0.5, 0.6) is 5.75 Å². The Bertz CT molecular complexity index is 642. The maximum absolute atomic E-state index is 13.0. The lowest BCUT2D eigenvalue weighted by Crippen LogP contribution is -2.58. The van der Waals surface area contributed by atoms with E-state index >= 15 is 0 Å². The molecule has 2 aliphatic rings. The number of nitrogens with zero attached hydrogens (tertiary/aromatic N) is 1. The second-order valence-electron chi connectivity index (χ2n) is 6.79. The van der Waals surface area contributed by atoms with Crippen molar-refractivity contribution in [3.63, 3.8) is 0 Å². The summed E-state index contributed by atoms with van der Waals surface area (Å²) in [5, 5.41) is 3.25. The van der Waals surface area contributed by atoms with Crippen molar-refractivity contribution < 1.29 is 19.1 Å². The van der Waals surface area contributed by atoms with Gasteiger partial charge in [0.05, 0.1) is 20.3 Å². The first kappa shape index (κ1) is 17.7. The van der Waals surface area contributed by atoms with E-state index in [0.717, 1.165) is 37.1 Å². The molecule has 3 rings (SSSR count). The van der Waals surface area contributed by atoms with E-state index in [1.807, 2.05) is 24.3 Å². The summed E-state index contributed by atoms with van der Waals surface area (Å²) in [6, 6.07) is 7.46. The molecule has 6 heteroatoms. The third kappa shape index (κ3) is 3.35. The zero-order chi connectivity index (χ0) is 17.9. The fraction of sp³-hybridized carbons (Fsp3) is 0.579. The molecule has 0 aromatic heterocycles. The summed E-state index contributed by atoms with van der Waals surface area (Å²) >= 11 is 0. The second-order valence-corrected chi connectivity index (χ2v) is 6.79. The molecule has 1 N–H and O–H groups in total. The van der Waals surface area contributed by atoms with Gasteiger partial charge >= 0.3 is 5.97 Å². The molecule has 2 fully saturated rings. The predicted molar refractivity (Wildman–Crippen MR) is 93.4 cm³/mol. The second kappa shape index (κ2) is 7.44. The van der Waals surface area contributed by atoms with Crippen LogP contribution in [0.3, 0.4) is 0 Å². The number of hydrogen-bond acceptors (Lipinski definition) is 5. The Balaban J connectivity index is 1.91. The summed E-state index contributed by atoms with van der Waals surface area (Å²) in [5.41, 5.74) is 0.0338. The maximum atomic E-state index is 13.0. The van der Waals surface area contributed by atoms with Crippen LogP contribution in [0.4, 0.5) is 0 Å². The number of likely N-dealkylation sites (tertiary alicyclic amines) is 1. The first-order valence-electron chi connectivity index (χ1n) is 8.87. The standard InChI is InChI=1S/C19H26N2O4/c1-24-15-7-3-6-14(12-15)13-19(18(23)25-2)9-5-11-21(19)17(22)16-8-4-10-20-16/h3,6-7,12,16,20H,4-5,8-11,13H2,1-2H3/t16-,19?/m0/s1. The Morgan fingerprint density at radius 3 is 2.84 bits per heavy atom. The fourth-order valence-electron chi connectivity index (χ4n) is 4.06. The van der Waals surface area contributed by atoms with Crippen molar-refractivity contribution in [2.75, 3.05) is 27.3 Å². The van der Waals surface area contributed by atoms with Crippen molar-refractivity contribution in [2.24, 2.45) is 0 Å². The van der Waals surface area contributed by atoms with Crippen molar-refractivity contribution >= 4 is 11.9 Å². The predicted octanol–water partition coefficient (Wildman–Crippen LogP) is 1.52. The number of benzene rings is 1. The van der Waals surface area contributed by atoms with Crippen molar-refractivity contribution in [2.45, 2.75) is 43.7 Å². The van der Waals surface area contributed by atoms with Gasteiger partial charge in [-0.1, -0.05) is 12.1 Å². The SMILES string of the molecule is COC(=O)C1(Cc2cccc(OC)c2)CCCN1C(=O)[C@@H]1CCCN1. The molecular weight excluding hydrogens is 320 g/mol. The molecule has 0 bridgehead atoms. The van der Waals surface area contributed by atoms with E-state index in [4.69, 9.17) is 9.47 Å². The summed E-state index contributed by atoms with van der Waals surface area (Å²) in [7, 11) is 3.01. The summed E-state index contributed by atoms with van der Waals surface area (Å²) in [6.07, 6.45) is 3.68. The average Bonchev–Trinajstić information content (AvgIpc) is 3.31. The highest BCUT2D eigenvalue weighted by atomic mass is 16.5. The highest BCUT2D eigenvalue weighted by Crippen LogP contribution is 2.36. The lowest BCUT2D eigenvalue weighted by Gasteiger charge is -2.37. The highest BCUT2D eigenvalue weighted by molar-refractivity contribution is 5.91. The Morgan fingerprint density at radius 1 is 1.32 bits per heavy atom. The molecule has 1 aromatic rings. The van der Waals surface area contributed by atoms with Gasteiger partial charge in [-0.15, -0.1) is 0 Å². The lowest BCUT2D eigenvalue weighted by molar-refractivity contribution is -0.160. The van der Waals surface area contributed by atoms with Gasteiger partial charge in [0.2, 0.25) is 5.91 Å². The summed E-state index contributed by atoms with van der Waals surface area (Å²) in [6.45, 7) is 1.45. The quantitative estimate of drug-likeness (QED) is 0.819. The van der Waals surface area contributed by atoms with Crippen LogP contribution < -0.4 is 10.1 Å². The van der Waals surface area contributed by atoms with Crippen molar-refractivity contribution in [3.8, 4) is 5.75 Å². The zero-order valence-electron chi connectivity index (χ0n) is 14.9. The lowest BCUT2D eigenvalue weighted by atomic mass is 9.87. The maximum Gasteiger partial charge on any atom is 0.332 e. The molecule has 0 saturated carbocycles.